The number of carbonyl (C=O) groups excluding carboxylic acids is 1. The van der Waals surface area contributed by atoms with Crippen LogP contribution in [0.2, 0.25) is 0 Å². The maximum Gasteiger partial charge on any atom is 0.220 e. The zero-order valence-corrected chi connectivity index (χ0v) is 10.6. The molecule has 0 amide bonds. The van der Waals surface area contributed by atoms with E-state index in [2.05, 4.69) is 20.8 Å². The molecule has 0 aliphatic rings. The van der Waals surface area contributed by atoms with Gasteiger partial charge in [0.15, 0.2) is 0 Å². The highest BCUT2D eigenvalue weighted by Crippen LogP contribution is 2.23. The Morgan fingerprint density at radius 2 is 1.88 bits per heavy atom. The average Bonchev–Trinajstić information content (AvgIpc) is 2.25. The van der Waals surface area contributed by atoms with E-state index >= 15 is 0 Å². The molecule has 0 bridgehead atoms. The Morgan fingerprint density at radius 1 is 1.31 bits per heavy atom. The highest BCUT2D eigenvalue weighted by molar-refractivity contribution is 8.14. The molecule has 0 heterocycles. The van der Waals surface area contributed by atoms with Crippen LogP contribution in [0.15, 0.2) is 24.3 Å². The van der Waals surface area contributed by atoms with Crippen molar-refractivity contribution in [1.29, 1.82) is 5.26 Å². The van der Waals surface area contributed by atoms with Gasteiger partial charge in [-0.05, 0) is 11.0 Å². The van der Waals surface area contributed by atoms with Gasteiger partial charge in [0.25, 0.3) is 0 Å². The van der Waals surface area contributed by atoms with E-state index in [4.69, 9.17) is 5.26 Å². The average molecular weight is 233 g/mol. The van der Waals surface area contributed by atoms with Crippen molar-refractivity contribution in [3.63, 3.8) is 0 Å². The molecule has 3 heteroatoms. The van der Waals surface area contributed by atoms with Gasteiger partial charge >= 0.3 is 0 Å². The third kappa shape index (κ3) is 3.39. The van der Waals surface area contributed by atoms with Crippen LogP contribution in [0.4, 0.5) is 0 Å². The third-order valence-electron chi connectivity index (χ3n) is 2.25. The minimum Gasteiger partial charge on any atom is -0.282 e. The van der Waals surface area contributed by atoms with Crippen LogP contribution in [0, 0.1) is 11.3 Å². The maximum absolute atomic E-state index is 11.6. The fourth-order valence-corrected chi connectivity index (χ4v) is 1.79. The van der Waals surface area contributed by atoms with Crippen LogP contribution < -0.4 is 0 Å². The molecule has 0 spiro atoms. The quantitative estimate of drug-likeness (QED) is 0.786. The molecule has 1 rings (SSSR count). The van der Waals surface area contributed by atoms with Gasteiger partial charge < -0.3 is 0 Å². The van der Waals surface area contributed by atoms with Gasteiger partial charge in [0.05, 0.1) is 11.8 Å². The summed E-state index contributed by atoms with van der Waals surface area (Å²) in [7, 11) is 0. The van der Waals surface area contributed by atoms with Gasteiger partial charge in [-0.3, -0.25) is 4.79 Å². The lowest BCUT2D eigenvalue weighted by atomic mass is 9.87. The molecule has 0 atom stereocenters. The van der Waals surface area contributed by atoms with E-state index < -0.39 is 0 Å². The van der Waals surface area contributed by atoms with E-state index in [1.807, 2.05) is 30.3 Å². The first-order valence-corrected chi connectivity index (χ1v) is 6.08. The molecule has 2 nitrogen and oxygen atoms in total. The van der Waals surface area contributed by atoms with Crippen LogP contribution >= 0.6 is 11.8 Å². The number of thioether (sulfide) groups is 1. The van der Waals surface area contributed by atoms with Crippen LogP contribution in [-0.2, 0) is 5.41 Å². The van der Waals surface area contributed by atoms with Gasteiger partial charge in [-0.2, -0.15) is 5.26 Å². The van der Waals surface area contributed by atoms with E-state index in [-0.39, 0.29) is 16.3 Å². The molecule has 0 saturated heterocycles. The van der Waals surface area contributed by atoms with Crippen molar-refractivity contribution < 1.29 is 4.79 Å². The molecule has 0 fully saturated rings. The molecule has 0 saturated carbocycles. The maximum atomic E-state index is 11.6. The summed E-state index contributed by atoms with van der Waals surface area (Å²) in [6, 6.07) is 9.54. The highest BCUT2D eigenvalue weighted by Gasteiger charge is 2.14. The lowest BCUT2D eigenvalue weighted by Gasteiger charge is -2.18. The topological polar surface area (TPSA) is 40.9 Å². The summed E-state index contributed by atoms with van der Waals surface area (Å²) < 4.78 is 0. The molecular formula is C13H15NOS. The number of hydrogen-bond acceptors (Lipinski definition) is 3. The van der Waals surface area contributed by atoms with E-state index in [0.29, 0.717) is 5.56 Å². The predicted octanol–water partition coefficient (Wildman–Crippen LogP) is 3.38. The van der Waals surface area contributed by atoms with Gasteiger partial charge in [0.1, 0.15) is 0 Å². The van der Waals surface area contributed by atoms with Crippen molar-refractivity contribution in [3.05, 3.63) is 35.4 Å². The zero-order valence-electron chi connectivity index (χ0n) is 9.78. The summed E-state index contributed by atoms with van der Waals surface area (Å²) >= 11 is 1.04. The monoisotopic (exact) mass is 233 g/mol. The second kappa shape index (κ2) is 5.18. The number of hydrogen-bond donors (Lipinski definition) is 0. The van der Waals surface area contributed by atoms with Crippen molar-refractivity contribution in [1.82, 2.24) is 0 Å². The van der Waals surface area contributed by atoms with Gasteiger partial charge in [0.2, 0.25) is 5.12 Å². The van der Waals surface area contributed by atoms with Crippen LogP contribution in [0.5, 0.6) is 0 Å². The molecule has 0 aliphatic heterocycles. The summed E-state index contributed by atoms with van der Waals surface area (Å²) in [5.74, 6) is 0.208. The summed E-state index contributed by atoms with van der Waals surface area (Å²) in [6.07, 6.45) is 0. The Balaban J connectivity index is 2.80. The third-order valence-corrected chi connectivity index (χ3v) is 3.03. The Morgan fingerprint density at radius 3 is 2.31 bits per heavy atom. The predicted molar refractivity (Wildman–Crippen MR) is 67.5 cm³/mol. The first-order valence-electron chi connectivity index (χ1n) is 5.10. The highest BCUT2D eigenvalue weighted by atomic mass is 32.2. The molecule has 0 unspecified atom stereocenters. The summed E-state index contributed by atoms with van der Waals surface area (Å²) in [4.78, 5) is 11.6. The number of benzene rings is 1. The van der Waals surface area contributed by atoms with Crippen LogP contribution in [0.3, 0.4) is 0 Å². The summed E-state index contributed by atoms with van der Waals surface area (Å²) in [6.45, 7) is 6.40. The first-order chi connectivity index (χ1) is 7.45. The van der Waals surface area contributed by atoms with E-state index in [1.54, 1.807) is 0 Å². The number of rotatable bonds is 2. The minimum absolute atomic E-state index is 0.0398. The first kappa shape index (κ1) is 12.8. The molecule has 0 aromatic heterocycles. The van der Waals surface area contributed by atoms with E-state index in [0.717, 1.165) is 11.8 Å². The second-order valence-corrected chi connectivity index (χ2v) is 5.51. The molecule has 0 N–H and O–H groups in total. The molecule has 84 valence electrons. The largest absolute Gasteiger partial charge is 0.282 e. The number of nitrogens with zero attached hydrogens (tertiary/aromatic N) is 1. The lowest BCUT2D eigenvalue weighted by molar-refractivity contribution is 0.108. The zero-order chi connectivity index (χ0) is 12.2. The Kier molecular flexibility index (Phi) is 4.14. The molecule has 1 aromatic rings. The van der Waals surface area contributed by atoms with Gasteiger partial charge in [0, 0.05) is 5.56 Å². The second-order valence-electron chi connectivity index (χ2n) is 4.56. The van der Waals surface area contributed by atoms with Crippen LogP contribution in [-0.4, -0.2) is 10.9 Å². The molecule has 0 radical (unpaired) electrons. The molecular weight excluding hydrogens is 218 g/mol. The molecule has 1 aromatic carbocycles. The number of nitriles is 1. The smallest absolute Gasteiger partial charge is 0.220 e. The fourth-order valence-electron chi connectivity index (χ4n) is 1.29. The van der Waals surface area contributed by atoms with E-state index in [1.165, 1.54) is 5.56 Å². The van der Waals surface area contributed by atoms with Crippen LogP contribution in [0.25, 0.3) is 0 Å². The Labute approximate surface area is 101 Å². The summed E-state index contributed by atoms with van der Waals surface area (Å²) in [5, 5.41) is 8.35. The van der Waals surface area contributed by atoms with E-state index in [9.17, 15) is 4.79 Å². The van der Waals surface area contributed by atoms with Crippen molar-refractivity contribution in [2.24, 2.45) is 0 Å². The summed E-state index contributed by atoms with van der Waals surface area (Å²) in [5.41, 5.74) is 1.96. The van der Waals surface area contributed by atoms with Gasteiger partial charge in [-0.15, -0.1) is 0 Å². The standard InChI is InChI=1S/C13H15NOS/c1-13(2,3)11-6-4-10(5-7-11)12(15)16-9-8-14/h4-7H,9H2,1-3H3. The number of carbonyl (C=O) groups is 1. The Hall–Kier alpha value is -1.27. The SMILES string of the molecule is CC(C)(C)c1ccc(C(=O)SCC#N)cc1. The normalized spacial score (nSPS) is 10.9. The van der Waals surface area contributed by atoms with Crippen molar-refractivity contribution in [3.8, 4) is 6.07 Å². The fraction of sp³-hybridized carbons (Fsp3) is 0.385. The molecule has 0 aliphatic carbocycles. The van der Waals surface area contributed by atoms with Crippen molar-refractivity contribution in [2.45, 2.75) is 26.2 Å². The van der Waals surface area contributed by atoms with Gasteiger partial charge in [-0.1, -0.05) is 56.8 Å². The lowest BCUT2D eigenvalue weighted by Crippen LogP contribution is -2.11. The van der Waals surface area contributed by atoms with Crippen molar-refractivity contribution in [2.75, 3.05) is 5.75 Å². The Bertz CT molecular complexity index is 409. The molecule has 16 heavy (non-hydrogen) atoms. The minimum atomic E-state index is -0.0398. The van der Waals surface area contributed by atoms with Gasteiger partial charge in [-0.25, -0.2) is 0 Å². The van der Waals surface area contributed by atoms with Crippen LogP contribution in [0.1, 0.15) is 36.7 Å². The van der Waals surface area contributed by atoms with Crippen molar-refractivity contribution >= 4 is 16.9 Å².